The van der Waals surface area contributed by atoms with Crippen LogP contribution in [0.15, 0.2) is 36.7 Å². The quantitative estimate of drug-likeness (QED) is 0.176. The third-order valence-corrected chi connectivity index (χ3v) is 8.73. The van der Waals surface area contributed by atoms with Gasteiger partial charge in [0.1, 0.15) is 28.7 Å². The molecule has 1 aliphatic rings. The number of aliphatic hydroxyl groups excluding tert-OH is 1. The first-order valence-corrected chi connectivity index (χ1v) is 15.7. The molecule has 3 aromatic heterocycles. The van der Waals surface area contributed by atoms with E-state index in [1.54, 1.807) is 6.07 Å². The average Bonchev–Trinajstić information content (AvgIpc) is 3.56. The molecule has 1 aromatic carbocycles. The van der Waals surface area contributed by atoms with Gasteiger partial charge in [0.15, 0.2) is 0 Å². The minimum atomic E-state index is -4.26. The van der Waals surface area contributed by atoms with E-state index in [1.807, 2.05) is 23.6 Å². The number of anilines is 1. The average molecular weight is 631 g/mol. The number of nitrogens with one attached hydrogen (secondary N) is 1. The number of aliphatic hydroxyl groups is 1. The van der Waals surface area contributed by atoms with Crippen LogP contribution in [0.25, 0.3) is 21.1 Å². The zero-order chi connectivity index (χ0) is 31.1. The molecule has 44 heavy (non-hydrogen) atoms. The molecule has 0 aliphatic carbocycles. The summed E-state index contributed by atoms with van der Waals surface area (Å²) in [5.41, 5.74) is 2.57. The van der Waals surface area contributed by atoms with Gasteiger partial charge in [-0.2, -0.15) is 18.4 Å². The summed E-state index contributed by atoms with van der Waals surface area (Å²) in [6.07, 6.45) is -1.60. The number of benzene rings is 1. The van der Waals surface area contributed by atoms with E-state index in [0.717, 1.165) is 66.7 Å². The van der Waals surface area contributed by atoms with Crippen LogP contribution in [-0.4, -0.2) is 82.4 Å². The van der Waals surface area contributed by atoms with Gasteiger partial charge in [-0.15, -0.1) is 11.3 Å². The van der Waals surface area contributed by atoms with Crippen LogP contribution < -0.4 is 5.32 Å². The van der Waals surface area contributed by atoms with Crippen molar-refractivity contribution in [1.82, 2.24) is 19.4 Å². The van der Waals surface area contributed by atoms with Crippen LogP contribution in [0.4, 0.5) is 19.0 Å². The normalized spacial score (nSPS) is 15.6. The van der Waals surface area contributed by atoms with Crippen molar-refractivity contribution in [2.75, 3.05) is 44.8 Å². The van der Waals surface area contributed by atoms with Gasteiger partial charge >= 0.3 is 6.18 Å². The lowest BCUT2D eigenvalue weighted by Crippen LogP contribution is -2.38. The minimum Gasteiger partial charge on any atom is -0.394 e. The van der Waals surface area contributed by atoms with Gasteiger partial charge in [-0.1, -0.05) is 13.0 Å². The van der Waals surface area contributed by atoms with Gasteiger partial charge in [-0.3, -0.25) is 4.90 Å². The molecule has 0 spiro atoms. The number of nitriles is 1. The Morgan fingerprint density at radius 2 is 1.98 bits per heavy atom. The second-order valence-corrected chi connectivity index (χ2v) is 12.2. The van der Waals surface area contributed by atoms with Gasteiger partial charge in [0.2, 0.25) is 0 Å². The van der Waals surface area contributed by atoms with Crippen molar-refractivity contribution >= 4 is 38.3 Å². The largest absolute Gasteiger partial charge is 0.394 e. The van der Waals surface area contributed by atoms with Crippen LogP contribution in [0.3, 0.4) is 0 Å². The fourth-order valence-electron chi connectivity index (χ4n) is 5.59. The Kier molecular flexibility index (Phi) is 10.7. The maximum Gasteiger partial charge on any atom is 0.393 e. The molecule has 1 unspecified atom stereocenters. The SMILES string of the molecule is CCCOCCOC(CO)Cn1c(C#N)cc2cc(CN3CCC(Nc4ncnc5sc(CC(F)(F)F)cc45)CC3)ccc21. The molecule has 0 amide bonds. The summed E-state index contributed by atoms with van der Waals surface area (Å²) < 4.78 is 51.8. The zero-order valence-corrected chi connectivity index (χ0v) is 25.5. The lowest BCUT2D eigenvalue weighted by atomic mass is 10.0. The van der Waals surface area contributed by atoms with Gasteiger partial charge in [0.05, 0.1) is 44.3 Å². The van der Waals surface area contributed by atoms with E-state index in [1.165, 1.54) is 6.33 Å². The van der Waals surface area contributed by atoms with Crippen LogP contribution in [0.1, 0.15) is 42.3 Å². The van der Waals surface area contributed by atoms with Gasteiger partial charge in [0.25, 0.3) is 0 Å². The van der Waals surface area contributed by atoms with Crippen molar-refractivity contribution in [3.8, 4) is 6.07 Å². The van der Waals surface area contributed by atoms with E-state index in [4.69, 9.17) is 9.47 Å². The van der Waals surface area contributed by atoms with Gasteiger partial charge in [-0.05, 0) is 49.1 Å². The number of halogens is 3. The summed E-state index contributed by atoms with van der Waals surface area (Å²) in [7, 11) is 0. The molecule has 0 bridgehead atoms. The van der Waals surface area contributed by atoms with Crippen molar-refractivity contribution in [2.45, 2.75) is 64.0 Å². The molecule has 0 radical (unpaired) electrons. The molecule has 1 saturated heterocycles. The number of aromatic nitrogens is 3. The first-order chi connectivity index (χ1) is 21.3. The molecule has 5 rings (SSSR count). The Labute approximate surface area is 258 Å². The molecule has 1 fully saturated rings. The predicted octanol–water partition coefficient (Wildman–Crippen LogP) is 5.50. The fourth-order valence-corrected chi connectivity index (χ4v) is 6.61. The molecular weight excluding hydrogens is 593 g/mol. The second kappa shape index (κ2) is 14.7. The van der Waals surface area contributed by atoms with Crippen LogP contribution in [-0.2, 0) is 29.0 Å². The molecule has 236 valence electrons. The van der Waals surface area contributed by atoms with Gasteiger partial charge in [-0.25, -0.2) is 9.97 Å². The molecular formula is C31H37F3N6O3S. The zero-order valence-electron chi connectivity index (χ0n) is 24.6. The number of ether oxygens (including phenoxy) is 2. The lowest BCUT2D eigenvalue weighted by molar-refractivity contribution is -0.126. The number of alkyl halides is 3. The number of hydrogen-bond acceptors (Lipinski definition) is 9. The Morgan fingerprint density at radius 1 is 1.16 bits per heavy atom. The van der Waals surface area contributed by atoms with E-state index in [0.29, 0.717) is 48.1 Å². The number of rotatable bonds is 14. The molecule has 4 heterocycles. The summed E-state index contributed by atoms with van der Waals surface area (Å²) in [4.78, 5) is 11.7. The van der Waals surface area contributed by atoms with Crippen molar-refractivity contribution in [3.05, 3.63) is 52.8 Å². The highest BCUT2D eigenvalue weighted by atomic mass is 32.1. The second-order valence-electron chi connectivity index (χ2n) is 11.1. The van der Waals surface area contributed by atoms with Gasteiger partial charge in [0, 0.05) is 48.1 Å². The van der Waals surface area contributed by atoms with Crippen LogP contribution in [0.2, 0.25) is 0 Å². The highest BCUT2D eigenvalue weighted by Gasteiger charge is 2.29. The number of fused-ring (bicyclic) bond motifs is 2. The lowest BCUT2D eigenvalue weighted by Gasteiger charge is -2.32. The van der Waals surface area contributed by atoms with Crippen molar-refractivity contribution < 1.29 is 27.8 Å². The maximum absolute atomic E-state index is 12.9. The fraction of sp³-hybridized carbons (Fsp3) is 0.516. The first kappa shape index (κ1) is 32.1. The molecule has 13 heteroatoms. The van der Waals surface area contributed by atoms with E-state index in [9.17, 15) is 23.5 Å². The standard InChI is InChI=1S/C31H37F3N6O3S/c1-2-9-42-10-11-43-25(19-41)18-40-24(16-35)13-22-12-21(3-4-28(22)40)17-39-7-5-23(6-8-39)38-29-27-14-26(15-31(32,33)34)44-30(27)37-20-36-29/h3-4,12-14,20,23,25,41H,2,5-11,15,17-19H2,1H3,(H,36,37,38). The highest BCUT2D eigenvalue weighted by molar-refractivity contribution is 7.18. The number of hydrogen-bond donors (Lipinski definition) is 2. The molecule has 1 atom stereocenters. The van der Waals surface area contributed by atoms with Crippen molar-refractivity contribution in [3.63, 3.8) is 0 Å². The monoisotopic (exact) mass is 630 g/mol. The molecule has 4 aromatic rings. The smallest absolute Gasteiger partial charge is 0.393 e. The number of thiophene rings is 1. The van der Waals surface area contributed by atoms with Crippen LogP contribution >= 0.6 is 11.3 Å². The molecule has 1 aliphatic heterocycles. The van der Waals surface area contributed by atoms with Gasteiger partial charge < -0.3 is 24.5 Å². The van der Waals surface area contributed by atoms with E-state index in [-0.39, 0.29) is 17.5 Å². The van der Waals surface area contributed by atoms with Crippen molar-refractivity contribution in [1.29, 1.82) is 5.26 Å². The third-order valence-electron chi connectivity index (χ3n) is 7.69. The predicted molar refractivity (Wildman–Crippen MR) is 164 cm³/mol. The highest BCUT2D eigenvalue weighted by Crippen LogP contribution is 2.33. The molecule has 0 saturated carbocycles. The maximum atomic E-state index is 12.9. The molecule has 9 nitrogen and oxygen atoms in total. The summed E-state index contributed by atoms with van der Waals surface area (Å²) in [6.45, 7) is 6.24. The molecule has 2 N–H and O–H groups in total. The number of nitrogens with zero attached hydrogens (tertiary/aromatic N) is 5. The number of piperidine rings is 1. The third kappa shape index (κ3) is 8.25. The van der Waals surface area contributed by atoms with Crippen molar-refractivity contribution in [2.24, 2.45) is 0 Å². The summed E-state index contributed by atoms with van der Waals surface area (Å²) in [5.74, 6) is 0.583. The summed E-state index contributed by atoms with van der Waals surface area (Å²) in [5, 5.41) is 24.7. The summed E-state index contributed by atoms with van der Waals surface area (Å²) in [6, 6.07) is 12.1. The Balaban J connectivity index is 1.17. The van der Waals surface area contributed by atoms with E-state index in [2.05, 4.69) is 38.4 Å². The minimum absolute atomic E-state index is 0.157. The van der Waals surface area contributed by atoms with E-state index < -0.39 is 18.7 Å². The Morgan fingerprint density at radius 3 is 2.70 bits per heavy atom. The Bertz CT molecular complexity index is 1580. The topological polar surface area (TPSA) is 108 Å². The van der Waals surface area contributed by atoms with E-state index >= 15 is 0 Å². The first-order valence-electron chi connectivity index (χ1n) is 14.9. The van der Waals surface area contributed by atoms with Crippen LogP contribution in [0.5, 0.6) is 0 Å². The number of likely N-dealkylation sites (tertiary alicyclic amines) is 1. The Hall–Kier alpha value is -3.28. The summed E-state index contributed by atoms with van der Waals surface area (Å²) >= 11 is 1.05. The van der Waals surface area contributed by atoms with Crippen LogP contribution in [0, 0.1) is 11.3 Å².